The summed E-state index contributed by atoms with van der Waals surface area (Å²) in [5.41, 5.74) is 9.02. The molecular formula is C22H37N3O17. The van der Waals surface area contributed by atoms with E-state index in [9.17, 15) is 46.0 Å². The van der Waals surface area contributed by atoms with E-state index in [-0.39, 0.29) is 0 Å². The minimum absolute atomic E-state index is 0.433. The first-order chi connectivity index (χ1) is 20.1. The summed E-state index contributed by atoms with van der Waals surface area (Å²) in [4.78, 5) is 2.65. The molecule has 0 saturated carbocycles. The van der Waals surface area contributed by atoms with Gasteiger partial charge in [-0.1, -0.05) is 5.11 Å². The summed E-state index contributed by atoms with van der Waals surface area (Å²) in [6, 6.07) is -1.52. The summed E-state index contributed by atoms with van der Waals surface area (Å²) in [6.07, 6.45) is -22.8. The smallest absolute Gasteiger partial charge is 0.187 e. The number of azide groups is 1. The van der Waals surface area contributed by atoms with Crippen molar-refractivity contribution in [3.63, 3.8) is 0 Å². The van der Waals surface area contributed by atoms with Gasteiger partial charge in [0.1, 0.15) is 73.2 Å². The Hall–Kier alpha value is -1.37. The highest BCUT2D eigenvalue weighted by Crippen LogP contribution is 2.36. The maximum absolute atomic E-state index is 10.5. The summed E-state index contributed by atoms with van der Waals surface area (Å²) in [6.45, 7) is -2.42. The van der Waals surface area contributed by atoms with Gasteiger partial charge >= 0.3 is 0 Å². The molecule has 0 aromatic carbocycles. The molecule has 42 heavy (non-hydrogen) atoms. The number of ether oxygens (including phenoxy) is 8. The minimum Gasteiger partial charge on any atom is -0.394 e. The number of methoxy groups -OCH3 is 1. The third-order valence-corrected chi connectivity index (χ3v) is 7.54. The van der Waals surface area contributed by atoms with Gasteiger partial charge in [0.15, 0.2) is 25.2 Å². The van der Waals surface area contributed by atoms with Crippen LogP contribution in [0.5, 0.6) is 0 Å². The zero-order valence-corrected chi connectivity index (χ0v) is 22.3. The standard InChI is InChI=1S/C22H37N3O17/c1-35-22-18(42-19-10(24-25-23)14(32)11(29)6(2-26)37-19)17(41-21-16(34)13(31)8(4-28)39-21)9(40-22)5-36-20-15(33)12(30)7(3-27)38-20/h6-22,26-34H,2-5H2,1H3/t6-,7-,8-,9-,10-,11+,12-,13-,14-,15+,16+,17-,18+,19-,20+,21-,22+/m1/s1. The lowest BCUT2D eigenvalue weighted by Crippen LogP contribution is -2.60. The highest BCUT2D eigenvalue weighted by Gasteiger charge is 2.55. The molecule has 4 rings (SSSR count). The van der Waals surface area contributed by atoms with Crippen LogP contribution < -0.4 is 0 Å². The van der Waals surface area contributed by atoms with Crippen molar-refractivity contribution in [2.45, 2.75) is 104 Å². The molecule has 20 heteroatoms. The molecule has 0 spiro atoms. The molecule has 242 valence electrons. The van der Waals surface area contributed by atoms with E-state index < -0.39 is 131 Å². The maximum Gasteiger partial charge on any atom is 0.187 e. The molecule has 0 radical (unpaired) electrons. The van der Waals surface area contributed by atoms with Crippen molar-refractivity contribution in [1.29, 1.82) is 0 Å². The van der Waals surface area contributed by atoms with Gasteiger partial charge in [-0.25, -0.2) is 0 Å². The van der Waals surface area contributed by atoms with Gasteiger partial charge in [0, 0.05) is 12.0 Å². The average molecular weight is 616 g/mol. The van der Waals surface area contributed by atoms with Gasteiger partial charge in [0.2, 0.25) is 0 Å². The first kappa shape index (κ1) is 33.5. The topological polar surface area (TPSA) is 305 Å². The van der Waals surface area contributed by atoms with Gasteiger partial charge in [-0.05, 0) is 5.53 Å². The lowest BCUT2D eigenvalue weighted by molar-refractivity contribution is -0.304. The summed E-state index contributed by atoms with van der Waals surface area (Å²) < 4.78 is 45.0. The largest absolute Gasteiger partial charge is 0.394 e. The van der Waals surface area contributed by atoms with Crippen LogP contribution >= 0.6 is 0 Å². The number of nitrogens with zero attached hydrogens (tertiary/aromatic N) is 3. The van der Waals surface area contributed by atoms with Crippen LogP contribution in [-0.4, -0.2) is 184 Å². The predicted molar refractivity (Wildman–Crippen MR) is 128 cm³/mol. The number of hydrogen-bond donors (Lipinski definition) is 9. The summed E-state index contributed by atoms with van der Waals surface area (Å²) in [7, 11) is 1.24. The Balaban J connectivity index is 1.58. The second-order valence-corrected chi connectivity index (χ2v) is 10.1. The molecule has 4 aliphatic heterocycles. The molecule has 0 aliphatic carbocycles. The second kappa shape index (κ2) is 14.6. The van der Waals surface area contributed by atoms with Gasteiger partial charge in [-0.15, -0.1) is 0 Å². The molecule has 4 aliphatic rings. The lowest BCUT2D eigenvalue weighted by atomic mass is 9.97. The molecule has 0 aromatic rings. The zero-order valence-electron chi connectivity index (χ0n) is 22.3. The van der Waals surface area contributed by atoms with Crippen molar-refractivity contribution in [3.8, 4) is 0 Å². The molecule has 0 unspecified atom stereocenters. The van der Waals surface area contributed by atoms with Crippen LogP contribution in [0.2, 0.25) is 0 Å². The van der Waals surface area contributed by atoms with E-state index in [1.165, 1.54) is 7.11 Å². The fourth-order valence-corrected chi connectivity index (χ4v) is 5.17. The van der Waals surface area contributed by atoms with E-state index in [4.69, 9.17) is 43.4 Å². The third-order valence-electron chi connectivity index (χ3n) is 7.54. The van der Waals surface area contributed by atoms with Crippen molar-refractivity contribution in [1.82, 2.24) is 0 Å². The number of rotatable bonds is 12. The number of aliphatic hydroxyl groups excluding tert-OH is 9. The van der Waals surface area contributed by atoms with E-state index in [1.54, 1.807) is 0 Å². The Morgan fingerprint density at radius 1 is 0.619 bits per heavy atom. The molecule has 4 heterocycles. The Morgan fingerprint density at radius 3 is 1.64 bits per heavy atom. The van der Waals surface area contributed by atoms with Gasteiger partial charge in [0.25, 0.3) is 0 Å². The molecule has 0 aromatic heterocycles. The monoisotopic (exact) mass is 615 g/mol. The van der Waals surface area contributed by atoms with Gasteiger partial charge in [-0.2, -0.15) is 0 Å². The SMILES string of the molecule is CO[C@H]1O[C@H](CO[C@H]2O[C@H](CO)[C@@H](O)[C@@H]2O)[C@@H](O[C@H]2O[C@H](CO)[C@@H](O)[C@@H]2O)[C@@H]1O[C@H]1O[C@H](CO)[C@H](O)[C@H](O)[C@H]1N=[N+]=[N-]. The summed E-state index contributed by atoms with van der Waals surface area (Å²) in [5, 5.41) is 93.5. The molecule has 17 atom stereocenters. The normalized spacial score (nSPS) is 49.3. The van der Waals surface area contributed by atoms with E-state index >= 15 is 0 Å². The van der Waals surface area contributed by atoms with Crippen molar-refractivity contribution < 1.29 is 83.9 Å². The van der Waals surface area contributed by atoms with Crippen LogP contribution in [0.4, 0.5) is 0 Å². The van der Waals surface area contributed by atoms with Crippen LogP contribution in [0.1, 0.15) is 0 Å². The Kier molecular flexibility index (Phi) is 11.7. The van der Waals surface area contributed by atoms with E-state index in [2.05, 4.69) is 10.0 Å². The molecule has 20 nitrogen and oxygen atoms in total. The summed E-state index contributed by atoms with van der Waals surface area (Å²) in [5.74, 6) is 0. The van der Waals surface area contributed by atoms with E-state index in [1.807, 2.05) is 0 Å². The van der Waals surface area contributed by atoms with Crippen LogP contribution in [0.3, 0.4) is 0 Å². The number of hydrogen-bond acceptors (Lipinski definition) is 18. The molecule has 4 saturated heterocycles. The van der Waals surface area contributed by atoms with Crippen LogP contribution in [0.15, 0.2) is 5.11 Å². The molecule has 0 bridgehead atoms. The first-order valence-electron chi connectivity index (χ1n) is 13.1. The second-order valence-electron chi connectivity index (χ2n) is 10.1. The van der Waals surface area contributed by atoms with Crippen LogP contribution in [0.25, 0.3) is 10.4 Å². The quantitative estimate of drug-likeness (QED) is 0.0561. The third kappa shape index (κ3) is 6.66. The van der Waals surface area contributed by atoms with Crippen molar-refractivity contribution >= 4 is 0 Å². The molecule has 0 amide bonds. The highest BCUT2D eigenvalue weighted by atomic mass is 16.8. The van der Waals surface area contributed by atoms with Gasteiger partial charge in [-0.3, -0.25) is 0 Å². The average Bonchev–Trinajstić information content (AvgIpc) is 3.57. The molecular weight excluding hydrogens is 578 g/mol. The lowest BCUT2D eigenvalue weighted by Gasteiger charge is -2.42. The fraction of sp³-hybridized carbons (Fsp3) is 1.00. The maximum atomic E-state index is 10.5. The molecule has 9 N–H and O–H groups in total. The predicted octanol–water partition coefficient (Wildman–Crippen LogP) is -5.86. The molecule has 4 fully saturated rings. The van der Waals surface area contributed by atoms with Crippen molar-refractivity contribution in [2.24, 2.45) is 5.11 Å². The fourth-order valence-electron chi connectivity index (χ4n) is 5.17. The van der Waals surface area contributed by atoms with Crippen LogP contribution in [-0.2, 0) is 37.9 Å². The Morgan fingerprint density at radius 2 is 1.10 bits per heavy atom. The van der Waals surface area contributed by atoms with Crippen LogP contribution in [0, 0.1) is 0 Å². The van der Waals surface area contributed by atoms with Gasteiger partial charge < -0.3 is 83.9 Å². The summed E-state index contributed by atoms with van der Waals surface area (Å²) >= 11 is 0. The number of aliphatic hydroxyl groups is 9. The first-order valence-corrected chi connectivity index (χ1v) is 13.1. The highest BCUT2D eigenvalue weighted by molar-refractivity contribution is 4.98. The van der Waals surface area contributed by atoms with Crippen molar-refractivity contribution in [2.75, 3.05) is 33.5 Å². The Labute approximate surface area is 238 Å². The minimum atomic E-state index is -1.72. The van der Waals surface area contributed by atoms with Gasteiger partial charge in [0.05, 0.1) is 32.5 Å². The van der Waals surface area contributed by atoms with Crippen molar-refractivity contribution in [3.05, 3.63) is 10.4 Å². The van der Waals surface area contributed by atoms with E-state index in [0.717, 1.165) is 0 Å². The van der Waals surface area contributed by atoms with E-state index in [0.29, 0.717) is 0 Å². The zero-order chi connectivity index (χ0) is 30.7. The Bertz CT molecular complexity index is 917.